The molecular weight excluding hydrogens is 444 g/mol. The highest BCUT2D eigenvalue weighted by Crippen LogP contribution is 2.28. The summed E-state index contributed by atoms with van der Waals surface area (Å²) >= 11 is 0.490. The number of halogens is 2. The van der Waals surface area contributed by atoms with Crippen LogP contribution in [0, 0.1) is 0 Å². The Bertz CT molecular complexity index is 1200. The van der Waals surface area contributed by atoms with E-state index in [9.17, 15) is 13.6 Å². The van der Waals surface area contributed by atoms with Gasteiger partial charge >= 0.3 is 0 Å². The quantitative estimate of drug-likeness (QED) is 0.304. The molecule has 6 nitrogen and oxygen atoms in total. The number of nitrogens with zero attached hydrogens (tertiary/aromatic N) is 3. The summed E-state index contributed by atoms with van der Waals surface area (Å²) < 4.78 is 26.8. The van der Waals surface area contributed by atoms with Crippen LogP contribution in [0.15, 0.2) is 90.2 Å². The minimum Gasteiger partial charge on any atom is -0.355 e. The van der Waals surface area contributed by atoms with E-state index >= 15 is 0 Å². The minimum absolute atomic E-state index is 0.303. The predicted octanol–water partition coefficient (Wildman–Crippen LogP) is 5.83. The largest absolute Gasteiger partial charge is 0.355 e. The molecule has 0 aliphatic heterocycles. The molecule has 4 aromatic rings. The number of benzene rings is 2. The van der Waals surface area contributed by atoms with Crippen molar-refractivity contribution in [1.29, 1.82) is 0 Å². The molecule has 0 spiro atoms. The minimum atomic E-state index is -2.47. The fraction of sp³-hybridized carbons (Fsp3) is 0.125. The topological polar surface area (TPSA) is 71.8 Å². The Hall–Kier alpha value is -3.72. The van der Waals surface area contributed by atoms with E-state index in [2.05, 4.69) is 20.7 Å². The first-order valence-electron chi connectivity index (χ1n) is 10.2. The fourth-order valence-electron chi connectivity index (χ4n) is 3.19. The Kier molecular flexibility index (Phi) is 7.31. The molecule has 0 saturated carbocycles. The molecule has 0 aliphatic rings. The number of aryl methyl sites for hydroxylation is 2. The molecule has 2 N–H and O–H groups in total. The molecule has 0 aliphatic carbocycles. The number of carbonyl (C=O) groups excluding carboxylic acids is 1. The number of hydrogen-bond donors (Lipinski definition) is 2. The molecule has 0 radical (unpaired) electrons. The van der Waals surface area contributed by atoms with Crippen molar-refractivity contribution in [3.8, 4) is 0 Å². The summed E-state index contributed by atoms with van der Waals surface area (Å²) in [6.45, 7) is 0.678. The summed E-state index contributed by atoms with van der Waals surface area (Å²) in [6.07, 6.45) is 6.14. The molecule has 0 unspecified atom stereocenters. The van der Waals surface area contributed by atoms with Gasteiger partial charge in [0.15, 0.2) is 5.82 Å². The van der Waals surface area contributed by atoms with Gasteiger partial charge < -0.3 is 10.6 Å². The van der Waals surface area contributed by atoms with Crippen LogP contribution < -0.4 is 10.6 Å². The number of hydrogen-bond acceptors (Lipinski definition) is 5. The molecule has 2 aromatic heterocycles. The average Bonchev–Trinajstić information content (AvgIpc) is 3.27. The number of amides is 1. The lowest BCUT2D eigenvalue weighted by molar-refractivity contribution is 0.102. The van der Waals surface area contributed by atoms with Crippen LogP contribution in [0.2, 0.25) is 0 Å². The Balaban J connectivity index is 1.39. The van der Waals surface area contributed by atoms with Gasteiger partial charge in [-0.05, 0) is 60.5 Å². The first-order chi connectivity index (χ1) is 16.1. The van der Waals surface area contributed by atoms with Crippen LogP contribution in [0.1, 0.15) is 15.9 Å². The Morgan fingerprint density at radius 3 is 2.52 bits per heavy atom. The van der Waals surface area contributed by atoms with E-state index < -0.39 is 5.76 Å². The zero-order valence-electron chi connectivity index (χ0n) is 17.5. The van der Waals surface area contributed by atoms with E-state index in [4.69, 9.17) is 0 Å². The van der Waals surface area contributed by atoms with Crippen LogP contribution in [0.5, 0.6) is 0 Å². The molecule has 0 fully saturated rings. The van der Waals surface area contributed by atoms with Crippen LogP contribution in [0.3, 0.4) is 0 Å². The second-order valence-electron chi connectivity index (χ2n) is 7.10. The first kappa shape index (κ1) is 22.5. The van der Waals surface area contributed by atoms with Gasteiger partial charge in [-0.25, -0.2) is 0 Å². The van der Waals surface area contributed by atoms with Crippen molar-refractivity contribution < 1.29 is 13.6 Å². The molecule has 0 bridgehead atoms. The van der Waals surface area contributed by atoms with Crippen molar-refractivity contribution in [2.24, 2.45) is 0 Å². The maximum atomic E-state index is 12.9. The lowest BCUT2D eigenvalue weighted by Crippen LogP contribution is -2.14. The normalized spacial score (nSPS) is 10.9. The third-order valence-electron chi connectivity index (χ3n) is 4.79. The third-order valence-corrected chi connectivity index (χ3v) is 5.51. The molecule has 33 heavy (non-hydrogen) atoms. The van der Waals surface area contributed by atoms with Gasteiger partial charge in [-0.15, -0.1) is 0 Å². The Morgan fingerprint density at radius 1 is 1.00 bits per heavy atom. The van der Waals surface area contributed by atoms with Crippen molar-refractivity contribution in [2.45, 2.75) is 23.6 Å². The fourth-order valence-corrected chi connectivity index (χ4v) is 3.69. The lowest BCUT2D eigenvalue weighted by atomic mass is 10.1. The molecule has 0 saturated heterocycles. The van der Waals surface area contributed by atoms with Crippen LogP contribution in [-0.2, 0) is 13.0 Å². The standard InChI is InChI=1S/C24H21F2N5OS/c25-24(26)33-19-7-5-18(6-8-19)28-21-4-2-1-3-20(21)23(32)29-22-12-16-31(30-22)15-11-17-9-13-27-14-10-17/h1-10,12-14,16,24,28H,11,15H2,(H,29,30,32). The van der Waals surface area contributed by atoms with E-state index in [-0.39, 0.29) is 5.91 Å². The molecule has 2 heterocycles. The van der Waals surface area contributed by atoms with Crippen LogP contribution >= 0.6 is 11.8 Å². The number of nitrogens with one attached hydrogen (secondary N) is 2. The monoisotopic (exact) mass is 465 g/mol. The van der Waals surface area contributed by atoms with Gasteiger partial charge in [-0.1, -0.05) is 23.9 Å². The van der Waals surface area contributed by atoms with E-state index in [1.807, 2.05) is 24.4 Å². The van der Waals surface area contributed by atoms with E-state index in [1.165, 1.54) is 0 Å². The molecule has 168 valence electrons. The van der Waals surface area contributed by atoms with Crippen molar-refractivity contribution in [1.82, 2.24) is 14.8 Å². The highest BCUT2D eigenvalue weighted by Gasteiger charge is 2.13. The molecule has 2 aromatic carbocycles. The summed E-state index contributed by atoms with van der Waals surface area (Å²) in [6, 6.07) is 19.4. The van der Waals surface area contributed by atoms with E-state index in [0.29, 0.717) is 46.0 Å². The number of alkyl halides is 2. The molecular formula is C24H21F2N5OS. The first-order valence-corrected chi connectivity index (χ1v) is 11.1. The summed E-state index contributed by atoms with van der Waals surface area (Å²) in [5.74, 6) is -2.31. The average molecular weight is 466 g/mol. The number of rotatable bonds is 9. The smallest absolute Gasteiger partial charge is 0.288 e. The summed E-state index contributed by atoms with van der Waals surface area (Å²) in [5, 5.41) is 10.4. The second kappa shape index (κ2) is 10.7. The number of carbonyl (C=O) groups is 1. The van der Waals surface area contributed by atoms with Gasteiger partial charge in [0.2, 0.25) is 0 Å². The summed E-state index contributed by atoms with van der Waals surface area (Å²) in [5.41, 5.74) is 2.89. The second-order valence-corrected chi connectivity index (χ2v) is 8.16. The van der Waals surface area contributed by atoms with Gasteiger partial charge in [0.25, 0.3) is 11.7 Å². The van der Waals surface area contributed by atoms with Crippen molar-refractivity contribution in [2.75, 3.05) is 10.6 Å². The van der Waals surface area contributed by atoms with Crippen LogP contribution in [-0.4, -0.2) is 26.4 Å². The zero-order chi connectivity index (χ0) is 23.0. The molecule has 4 rings (SSSR count). The lowest BCUT2D eigenvalue weighted by Gasteiger charge is -2.12. The highest BCUT2D eigenvalue weighted by atomic mass is 32.2. The maximum absolute atomic E-state index is 12.9. The predicted molar refractivity (Wildman–Crippen MR) is 126 cm³/mol. The summed E-state index contributed by atoms with van der Waals surface area (Å²) in [7, 11) is 0. The van der Waals surface area contributed by atoms with Gasteiger partial charge in [0.1, 0.15) is 0 Å². The van der Waals surface area contributed by atoms with Gasteiger partial charge in [-0.2, -0.15) is 13.9 Å². The van der Waals surface area contributed by atoms with Gasteiger partial charge in [0, 0.05) is 41.8 Å². The number of pyridine rings is 1. The highest BCUT2D eigenvalue weighted by molar-refractivity contribution is 7.99. The molecule has 0 atom stereocenters. The van der Waals surface area contributed by atoms with Gasteiger partial charge in [-0.3, -0.25) is 14.5 Å². The van der Waals surface area contributed by atoms with Crippen molar-refractivity contribution in [3.05, 3.63) is 96.4 Å². The van der Waals surface area contributed by atoms with Crippen LogP contribution in [0.4, 0.5) is 26.0 Å². The van der Waals surface area contributed by atoms with Crippen molar-refractivity contribution >= 4 is 34.9 Å². The number of para-hydroxylation sites is 1. The van der Waals surface area contributed by atoms with E-state index in [1.54, 1.807) is 65.6 Å². The number of anilines is 3. The molecule has 9 heteroatoms. The van der Waals surface area contributed by atoms with Crippen molar-refractivity contribution in [3.63, 3.8) is 0 Å². The van der Waals surface area contributed by atoms with Crippen LogP contribution in [0.25, 0.3) is 0 Å². The maximum Gasteiger partial charge on any atom is 0.288 e. The molecule has 1 amide bonds. The SMILES string of the molecule is O=C(Nc1ccn(CCc2ccncc2)n1)c1ccccc1Nc1ccc(SC(F)F)cc1. The van der Waals surface area contributed by atoms with Gasteiger partial charge in [0.05, 0.1) is 11.3 Å². The zero-order valence-corrected chi connectivity index (χ0v) is 18.3. The number of aromatic nitrogens is 3. The number of thioether (sulfide) groups is 1. The summed E-state index contributed by atoms with van der Waals surface area (Å²) in [4.78, 5) is 17.4. The Labute approximate surface area is 194 Å². The third kappa shape index (κ3) is 6.39. The Morgan fingerprint density at radius 2 is 1.76 bits per heavy atom. The van der Waals surface area contributed by atoms with E-state index in [0.717, 1.165) is 12.0 Å².